The Labute approximate surface area is 122 Å². The minimum atomic E-state index is -0.660. The van der Waals surface area contributed by atoms with Crippen molar-refractivity contribution in [1.29, 1.82) is 0 Å². The minimum absolute atomic E-state index is 0.0613. The van der Waals surface area contributed by atoms with Gasteiger partial charge in [-0.15, -0.1) is 0 Å². The smallest absolute Gasteiger partial charge is 0.354 e. The lowest BCUT2D eigenvalue weighted by atomic mass is 10.2. The van der Waals surface area contributed by atoms with E-state index in [9.17, 15) is 10.1 Å². The van der Waals surface area contributed by atoms with Crippen molar-refractivity contribution in [3.8, 4) is 0 Å². The highest BCUT2D eigenvalue weighted by Gasteiger charge is 2.20. The lowest BCUT2D eigenvalue weighted by molar-refractivity contribution is -0.383. The molecule has 2 rings (SSSR count). The Morgan fingerprint density at radius 2 is 2.25 bits per heavy atom. The third-order valence-corrected chi connectivity index (χ3v) is 2.76. The van der Waals surface area contributed by atoms with E-state index in [1.165, 1.54) is 6.21 Å². The number of hydrogen-bond donors (Lipinski definition) is 2. The third kappa shape index (κ3) is 3.26. The molecule has 0 aliphatic rings. The number of nitrogens with one attached hydrogen (secondary N) is 1. The second kappa shape index (κ2) is 6.06. The van der Waals surface area contributed by atoms with E-state index >= 15 is 0 Å². The van der Waals surface area contributed by atoms with Gasteiger partial charge in [-0.1, -0.05) is 28.1 Å². The molecule has 0 spiro atoms. The van der Waals surface area contributed by atoms with Gasteiger partial charge in [-0.25, -0.2) is 9.97 Å². The number of hydrogen-bond acceptors (Lipinski definition) is 7. The number of anilines is 2. The maximum atomic E-state index is 10.9. The Morgan fingerprint density at radius 1 is 1.45 bits per heavy atom. The summed E-state index contributed by atoms with van der Waals surface area (Å²) >= 11 is 3.33. The molecule has 0 aliphatic carbocycles. The van der Waals surface area contributed by atoms with Crippen LogP contribution in [-0.4, -0.2) is 21.1 Å². The standard InChI is InChI=1S/C11H9BrN6O2/c12-8-3-1-2-7(4-8)5-16-17-11-9(18(19)20)10(13)14-6-15-11/h1-6H,(H3,13,14,15,17). The van der Waals surface area contributed by atoms with Crippen molar-refractivity contribution in [1.82, 2.24) is 9.97 Å². The zero-order chi connectivity index (χ0) is 14.5. The van der Waals surface area contributed by atoms with Crippen molar-refractivity contribution in [2.45, 2.75) is 0 Å². The molecule has 1 aromatic carbocycles. The van der Waals surface area contributed by atoms with E-state index in [1.54, 1.807) is 0 Å². The van der Waals surface area contributed by atoms with E-state index in [4.69, 9.17) is 5.73 Å². The SMILES string of the molecule is Nc1ncnc(NN=Cc2cccc(Br)c2)c1[N+](=O)[O-]. The average Bonchev–Trinajstić information content (AvgIpc) is 2.38. The van der Waals surface area contributed by atoms with Gasteiger partial charge in [0, 0.05) is 4.47 Å². The number of nitrogen functional groups attached to an aromatic ring is 1. The highest BCUT2D eigenvalue weighted by molar-refractivity contribution is 9.10. The monoisotopic (exact) mass is 336 g/mol. The van der Waals surface area contributed by atoms with Crippen molar-refractivity contribution >= 4 is 39.5 Å². The summed E-state index contributed by atoms with van der Waals surface area (Å²) in [7, 11) is 0. The predicted molar refractivity (Wildman–Crippen MR) is 78.5 cm³/mol. The van der Waals surface area contributed by atoms with Crippen molar-refractivity contribution in [2.24, 2.45) is 5.10 Å². The van der Waals surface area contributed by atoms with Gasteiger partial charge in [0.25, 0.3) is 0 Å². The quantitative estimate of drug-likeness (QED) is 0.501. The number of aromatic nitrogens is 2. The Hall–Kier alpha value is -2.55. The number of halogens is 1. The van der Waals surface area contributed by atoms with Crippen LogP contribution >= 0.6 is 15.9 Å². The van der Waals surface area contributed by atoms with Gasteiger partial charge in [0.1, 0.15) is 6.33 Å². The van der Waals surface area contributed by atoms with E-state index in [0.29, 0.717) is 0 Å². The van der Waals surface area contributed by atoms with Gasteiger partial charge in [-0.05, 0) is 17.7 Å². The van der Waals surface area contributed by atoms with Crippen LogP contribution in [0.1, 0.15) is 5.56 Å². The van der Waals surface area contributed by atoms with E-state index in [-0.39, 0.29) is 11.6 Å². The zero-order valence-electron chi connectivity index (χ0n) is 10.0. The van der Waals surface area contributed by atoms with Crippen molar-refractivity contribution in [3.63, 3.8) is 0 Å². The maximum Gasteiger partial charge on any atom is 0.354 e. The summed E-state index contributed by atoms with van der Waals surface area (Å²) in [6.45, 7) is 0. The largest absolute Gasteiger partial charge is 0.378 e. The molecule has 0 bridgehead atoms. The number of benzene rings is 1. The van der Waals surface area contributed by atoms with E-state index in [0.717, 1.165) is 16.4 Å². The van der Waals surface area contributed by atoms with Crippen LogP contribution in [0.25, 0.3) is 0 Å². The molecule has 102 valence electrons. The highest BCUT2D eigenvalue weighted by Crippen LogP contribution is 2.25. The summed E-state index contributed by atoms with van der Waals surface area (Å²) in [5, 5.41) is 14.8. The van der Waals surface area contributed by atoms with Crippen molar-refractivity contribution < 1.29 is 4.92 Å². The number of nitro groups is 1. The molecular formula is C11H9BrN6O2. The second-order valence-electron chi connectivity index (χ2n) is 3.64. The fourth-order valence-electron chi connectivity index (χ4n) is 1.41. The first-order valence-corrected chi connectivity index (χ1v) is 6.16. The molecule has 0 amide bonds. The molecule has 0 saturated heterocycles. The number of hydrazone groups is 1. The van der Waals surface area contributed by atoms with Crippen molar-refractivity contribution in [2.75, 3.05) is 11.2 Å². The normalized spacial score (nSPS) is 10.7. The molecular weight excluding hydrogens is 328 g/mol. The fraction of sp³-hybridized carbons (Fsp3) is 0. The van der Waals surface area contributed by atoms with Crippen LogP contribution in [0.3, 0.4) is 0 Å². The molecule has 1 aromatic heterocycles. The van der Waals surface area contributed by atoms with Gasteiger partial charge in [-0.2, -0.15) is 5.10 Å². The summed E-state index contributed by atoms with van der Waals surface area (Å²) in [6, 6.07) is 7.39. The summed E-state index contributed by atoms with van der Waals surface area (Å²) < 4.78 is 0.902. The van der Waals surface area contributed by atoms with Gasteiger partial charge in [0.15, 0.2) is 0 Å². The molecule has 1 heterocycles. The van der Waals surface area contributed by atoms with Gasteiger partial charge >= 0.3 is 5.69 Å². The molecule has 0 unspecified atom stereocenters. The highest BCUT2D eigenvalue weighted by atomic mass is 79.9. The van der Waals surface area contributed by atoms with Crippen LogP contribution in [0, 0.1) is 10.1 Å². The summed E-state index contributed by atoms with van der Waals surface area (Å²) in [6.07, 6.45) is 2.63. The second-order valence-corrected chi connectivity index (χ2v) is 4.55. The Balaban J connectivity index is 2.19. The summed E-state index contributed by atoms with van der Waals surface area (Å²) in [4.78, 5) is 17.5. The average molecular weight is 337 g/mol. The van der Waals surface area contributed by atoms with E-state index in [1.807, 2.05) is 24.3 Å². The number of nitrogens with two attached hydrogens (primary N) is 1. The first-order chi connectivity index (χ1) is 9.58. The predicted octanol–water partition coefficient (Wildman–Crippen LogP) is 2.18. The first kappa shape index (κ1) is 13.9. The minimum Gasteiger partial charge on any atom is -0.378 e. The number of rotatable bonds is 4. The lowest BCUT2D eigenvalue weighted by Gasteiger charge is -2.01. The molecule has 2 aromatic rings. The van der Waals surface area contributed by atoms with Crippen LogP contribution in [-0.2, 0) is 0 Å². The molecule has 9 heteroatoms. The Kier molecular flexibility index (Phi) is 4.20. The molecule has 20 heavy (non-hydrogen) atoms. The zero-order valence-corrected chi connectivity index (χ0v) is 11.6. The maximum absolute atomic E-state index is 10.9. The molecule has 8 nitrogen and oxygen atoms in total. The molecule has 0 aliphatic heterocycles. The van der Waals surface area contributed by atoms with Crippen LogP contribution in [0.4, 0.5) is 17.3 Å². The van der Waals surface area contributed by atoms with E-state index in [2.05, 4.69) is 36.4 Å². The fourth-order valence-corrected chi connectivity index (χ4v) is 1.83. The van der Waals surface area contributed by atoms with E-state index < -0.39 is 10.6 Å². The van der Waals surface area contributed by atoms with Crippen molar-refractivity contribution in [3.05, 3.63) is 50.7 Å². The van der Waals surface area contributed by atoms with Crippen LogP contribution in [0.5, 0.6) is 0 Å². The Morgan fingerprint density at radius 3 is 2.95 bits per heavy atom. The van der Waals surface area contributed by atoms with Gasteiger partial charge < -0.3 is 5.73 Å². The molecule has 0 saturated carbocycles. The molecule has 3 N–H and O–H groups in total. The van der Waals surface area contributed by atoms with Gasteiger partial charge in [0.2, 0.25) is 11.6 Å². The topological polar surface area (TPSA) is 119 Å². The van der Waals surface area contributed by atoms with Crippen LogP contribution in [0.15, 0.2) is 40.2 Å². The lowest BCUT2D eigenvalue weighted by Crippen LogP contribution is -2.04. The van der Waals surface area contributed by atoms with Crippen LogP contribution < -0.4 is 11.2 Å². The molecule has 0 radical (unpaired) electrons. The Bertz CT molecular complexity index is 676. The first-order valence-electron chi connectivity index (χ1n) is 5.37. The van der Waals surface area contributed by atoms with Crippen LogP contribution in [0.2, 0.25) is 0 Å². The summed E-state index contributed by atoms with van der Waals surface area (Å²) in [5.41, 5.74) is 8.33. The number of nitrogens with zero attached hydrogens (tertiary/aromatic N) is 4. The molecule has 0 atom stereocenters. The van der Waals surface area contributed by atoms with Gasteiger partial charge in [0.05, 0.1) is 11.1 Å². The van der Waals surface area contributed by atoms with Gasteiger partial charge in [-0.3, -0.25) is 15.5 Å². The summed E-state index contributed by atoms with van der Waals surface area (Å²) in [5.74, 6) is -0.279. The third-order valence-electron chi connectivity index (χ3n) is 2.27. The molecule has 0 fully saturated rings.